The fraction of sp³-hybridized carbons (Fsp3) is 0. The summed E-state index contributed by atoms with van der Waals surface area (Å²) < 4.78 is 0. The van der Waals surface area contributed by atoms with Crippen molar-refractivity contribution in [3.8, 4) is 0 Å². The fourth-order valence-electron chi connectivity index (χ4n) is 0. The third-order valence-corrected chi connectivity index (χ3v) is 0. The van der Waals surface area contributed by atoms with Gasteiger partial charge in [0.05, 0.1) is 0 Å². The maximum Gasteiger partial charge on any atom is 2.00 e. The molecule has 0 bridgehead atoms. The Labute approximate surface area is 52.6 Å². The van der Waals surface area contributed by atoms with Crippen LogP contribution >= 0.6 is 0 Å². The second-order valence-electron chi connectivity index (χ2n) is 0. The van der Waals surface area contributed by atoms with E-state index in [-0.39, 0.29) is 52.2 Å². The Hall–Kier alpha value is 0.816. The van der Waals surface area contributed by atoms with Gasteiger partial charge in [0, 0.05) is 0 Å². The summed E-state index contributed by atoms with van der Waals surface area (Å²) in [6.45, 7) is 0. The molecular weight excluding hydrogens is 73.9 g/mol. The van der Waals surface area contributed by atoms with Crippen LogP contribution in [0.2, 0.25) is 0 Å². The van der Waals surface area contributed by atoms with Crippen LogP contribution in [0.3, 0.4) is 0 Å². The van der Waals surface area contributed by atoms with Gasteiger partial charge in [-0.25, -0.2) is 0 Å². The molecule has 6 N–H and O–H groups in total. The topological polar surface area (TPSA) is 70.0 Å². The summed E-state index contributed by atoms with van der Waals surface area (Å²) in [4.78, 5) is 0. The van der Waals surface area contributed by atoms with Crippen molar-refractivity contribution in [2.24, 2.45) is 0 Å². The standard InChI is InChI=1S/2BH4.Mg.2H3N/h2*1H4;;2*1H3/q2*-1;+2;;. The molecule has 0 saturated carbocycles. The molecule has 0 aliphatic heterocycles. The first-order valence-corrected chi connectivity index (χ1v) is 0. The van der Waals surface area contributed by atoms with Gasteiger partial charge in [-0.05, 0) is 0 Å². The van der Waals surface area contributed by atoms with Crippen LogP contribution in [0.25, 0.3) is 0 Å². The first-order valence-electron chi connectivity index (χ1n) is 0. The molecule has 0 aromatic rings. The van der Waals surface area contributed by atoms with E-state index >= 15 is 0 Å². The van der Waals surface area contributed by atoms with Crippen molar-refractivity contribution in [1.82, 2.24) is 12.3 Å². The zero-order valence-corrected chi connectivity index (χ0v) is 3.54. The maximum atomic E-state index is 0. The zero-order chi connectivity index (χ0) is 0. The Bertz CT molecular complexity index is 7.61. The molecule has 0 unspecified atom stereocenters. The third kappa shape index (κ3) is 57.3. The van der Waals surface area contributed by atoms with Crippen LogP contribution in [0.5, 0.6) is 0 Å². The number of hydrogen-bond donors (Lipinski definition) is 2. The van der Waals surface area contributed by atoms with E-state index in [0.29, 0.717) is 0 Å². The van der Waals surface area contributed by atoms with E-state index in [1.165, 1.54) is 0 Å². The average molecular weight is 88.1 g/mol. The minimum atomic E-state index is 0. The predicted molar refractivity (Wildman–Crippen MR) is 38.5 cm³/mol. The monoisotopic (exact) mass is 88.1 g/mol. The quantitative estimate of drug-likeness (QED) is 0.310. The Morgan fingerprint density at radius 2 is 0.600 bits per heavy atom. The molecule has 0 radical (unpaired) electrons. The van der Waals surface area contributed by atoms with Gasteiger partial charge in [0.1, 0.15) is 0 Å². The SMILES string of the molecule is N.N.[BH4-].[BH4-].[Mg+2]. The summed E-state index contributed by atoms with van der Waals surface area (Å²) in [6.07, 6.45) is 0. The molecule has 0 spiro atoms. The van der Waals surface area contributed by atoms with Crippen LogP contribution in [0.4, 0.5) is 0 Å². The molecule has 0 heterocycles. The molecule has 0 aromatic carbocycles. The maximum absolute atomic E-state index is 0. The molecule has 0 atom stereocenters. The van der Waals surface area contributed by atoms with Crippen LogP contribution in [-0.2, 0) is 0 Å². The minimum absolute atomic E-state index is 0. The third-order valence-electron chi connectivity index (χ3n) is 0. The molecule has 0 rings (SSSR count). The predicted octanol–water partition coefficient (Wildman–Crippen LogP) is -2.96. The van der Waals surface area contributed by atoms with Crippen molar-refractivity contribution in [3.63, 3.8) is 0 Å². The number of hydrogen-bond acceptors (Lipinski definition) is 2. The van der Waals surface area contributed by atoms with E-state index in [4.69, 9.17) is 0 Å². The largest absolute Gasteiger partial charge is 2.00 e. The summed E-state index contributed by atoms with van der Waals surface area (Å²) in [6, 6.07) is 0. The summed E-state index contributed by atoms with van der Waals surface area (Å²) in [5.74, 6) is 0. The van der Waals surface area contributed by atoms with E-state index in [2.05, 4.69) is 0 Å². The molecule has 5 heavy (non-hydrogen) atoms. The summed E-state index contributed by atoms with van der Waals surface area (Å²) in [5, 5.41) is 0. The van der Waals surface area contributed by atoms with Gasteiger partial charge < -0.3 is 12.3 Å². The van der Waals surface area contributed by atoms with E-state index in [1.807, 2.05) is 0 Å². The van der Waals surface area contributed by atoms with Gasteiger partial charge in [0.2, 0.25) is 0 Å². The summed E-state index contributed by atoms with van der Waals surface area (Å²) >= 11 is 0. The van der Waals surface area contributed by atoms with E-state index in [9.17, 15) is 0 Å². The van der Waals surface area contributed by atoms with Crippen molar-refractivity contribution in [1.29, 1.82) is 0 Å². The summed E-state index contributed by atoms with van der Waals surface area (Å²) in [5.41, 5.74) is 0. The minimum Gasteiger partial charge on any atom is -0.344 e. The second kappa shape index (κ2) is 105. The van der Waals surface area contributed by atoms with Crippen molar-refractivity contribution >= 4 is 39.9 Å². The molecule has 0 amide bonds. The Morgan fingerprint density at radius 3 is 0.600 bits per heavy atom. The molecule has 32 valence electrons. The van der Waals surface area contributed by atoms with Crippen LogP contribution < -0.4 is 12.3 Å². The van der Waals surface area contributed by atoms with Gasteiger partial charge in [0.15, 0.2) is 0 Å². The van der Waals surface area contributed by atoms with Gasteiger partial charge in [-0.15, -0.1) is 0 Å². The molecule has 0 aromatic heterocycles. The molecule has 2 nitrogen and oxygen atoms in total. The molecule has 0 aliphatic rings. The Balaban J connectivity index is 0. The van der Waals surface area contributed by atoms with Gasteiger partial charge >= 0.3 is 23.1 Å². The van der Waals surface area contributed by atoms with Gasteiger partial charge in [-0.1, -0.05) is 16.8 Å². The molecule has 0 aliphatic carbocycles. The van der Waals surface area contributed by atoms with Crippen LogP contribution in [-0.4, -0.2) is 39.9 Å². The first-order chi connectivity index (χ1) is 0. The van der Waals surface area contributed by atoms with Crippen LogP contribution in [0.15, 0.2) is 0 Å². The van der Waals surface area contributed by atoms with Gasteiger partial charge in [-0.3, -0.25) is 0 Å². The Morgan fingerprint density at radius 1 is 0.600 bits per heavy atom. The smallest absolute Gasteiger partial charge is 0.344 e. The van der Waals surface area contributed by atoms with Crippen LogP contribution in [0, 0.1) is 0 Å². The Kier molecular flexibility index (Phi) is 4270. The normalized spacial score (nSPS) is 0. The van der Waals surface area contributed by atoms with Crippen LogP contribution in [0.1, 0.15) is 0 Å². The molecule has 0 saturated heterocycles. The zero-order valence-electron chi connectivity index (χ0n) is 2.12. The first kappa shape index (κ1) is 203. The number of rotatable bonds is 0. The van der Waals surface area contributed by atoms with Gasteiger partial charge in [0.25, 0.3) is 0 Å². The fourth-order valence-corrected chi connectivity index (χ4v) is 0. The van der Waals surface area contributed by atoms with Gasteiger partial charge in [-0.2, -0.15) is 0 Å². The van der Waals surface area contributed by atoms with E-state index < -0.39 is 0 Å². The summed E-state index contributed by atoms with van der Waals surface area (Å²) in [7, 11) is 0. The van der Waals surface area contributed by atoms with Crippen molar-refractivity contribution in [2.45, 2.75) is 0 Å². The second-order valence-corrected chi connectivity index (χ2v) is 0. The molecule has 0 fully saturated rings. The average Bonchev–Trinajstić information content (AvgIpc) is 0. The molecule has 5 heteroatoms. The van der Waals surface area contributed by atoms with Crippen molar-refractivity contribution in [3.05, 3.63) is 0 Å². The van der Waals surface area contributed by atoms with E-state index in [0.717, 1.165) is 0 Å². The van der Waals surface area contributed by atoms with E-state index in [1.54, 1.807) is 0 Å². The van der Waals surface area contributed by atoms with Crippen molar-refractivity contribution in [2.75, 3.05) is 0 Å². The molecular formula is H14B2MgN2. The van der Waals surface area contributed by atoms with Crippen molar-refractivity contribution < 1.29 is 0 Å².